The minimum atomic E-state index is 0. The lowest BCUT2D eigenvalue weighted by Crippen LogP contribution is -1.75. The molecule has 0 nitrogen and oxygen atoms in total. The molecule has 1 aromatic rings. The highest BCUT2D eigenvalue weighted by atomic mass is 35.5. The van der Waals surface area contributed by atoms with Gasteiger partial charge >= 0.3 is 0 Å². The van der Waals surface area contributed by atoms with Crippen molar-refractivity contribution in [1.82, 2.24) is 0 Å². The van der Waals surface area contributed by atoms with E-state index in [2.05, 4.69) is 6.92 Å². The minimum Gasteiger partial charge on any atom is -0.0843 e. The van der Waals surface area contributed by atoms with Crippen molar-refractivity contribution in [3.8, 4) is 0 Å². The predicted octanol–water partition coefficient (Wildman–Crippen LogP) is 3.54. The molecule has 0 fully saturated rings. The first kappa shape index (κ1) is 9.51. The van der Waals surface area contributed by atoms with Crippen LogP contribution in [-0.2, 0) is 6.42 Å². The van der Waals surface area contributed by atoms with Crippen LogP contribution in [-0.4, -0.2) is 0 Å². The second-order valence-electron chi connectivity index (χ2n) is 1.98. The van der Waals surface area contributed by atoms with E-state index in [4.69, 9.17) is 11.6 Å². The van der Waals surface area contributed by atoms with Gasteiger partial charge < -0.3 is 0 Å². The van der Waals surface area contributed by atoms with Gasteiger partial charge in [0.2, 0.25) is 0 Å². The van der Waals surface area contributed by atoms with E-state index in [-0.39, 0.29) is 7.43 Å². The molecule has 0 amide bonds. The summed E-state index contributed by atoms with van der Waals surface area (Å²) in [4.78, 5) is 0. The molecule has 0 aliphatic rings. The summed E-state index contributed by atoms with van der Waals surface area (Å²) in [5.74, 6) is 0. The molecule has 0 bridgehead atoms. The molecule has 0 heterocycles. The molecule has 0 aliphatic heterocycles. The van der Waals surface area contributed by atoms with Gasteiger partial charge in [0, 0.05) is 5.02 Å². The first-order valence-electron chi connectivity index (χ1n) is 3.07. The lowest BCUT2D eigenvalue weighted by molar-refractivity contribution is 1.14. The number of rotatable bonds is 1. The van der Waals surface area contributed by atoms with Crippen molar-refractivity contribution >= 4 is 11.6 Å². The van der Waals surface area contributed by atoms with Gasteiger partial charge in [-0.2, -0.15) is 0 Å². The maximum absolute atomic E-state index is 5.67. The van der Waals surface area contributed by atoms with Crippen LogP contribution in [0.15, 0.2) is 24.3 Å². The van der Waals surface area contributed by atoms with Crippen molar-refractivity contribution in [3.05, 3.63) is 34.9 Å². The lowest BCUT2D eigenvalue weighted by Gasteiger charge is -1.93. The molecule has 10 heavy (non-hydrogen) atoms. The fourth-order valence-corrected chi connectivity index (χ4v) is 0.846. The molecule has 0 saturated carbocycles. The van der Waals surface area contributed by atoms with Gasteiger partial charge in [0.15, 0.2) is 0 Å². The van der Waals surface area contributed by atoms with E-state index in [9.17, 15) is 0 Å². The molecular formula is C9H13Cl. The summed E-state index contributed by atoms with van der Waals surface area (Å²) in [6.45, 7) is 2.13. The monoisotopic (exact) mass is 156 g/mol. The maximum Gasteiger partial charge on any atom is 0.0406 e. The highest BCUT2D eigenvalue weighted by Crippen LogP contribution is 2.09. The Labute approximate surface area is 67.8 Å². The normalized spacial score (nSPS) is 8.60. The van der Waals surface area contributed by atoms with Crippen LogP contribution in [0, 0.1) is 0 Å². The van der Waals surface area contributed by atoms with Crippen molar-refractivity contribution in [2.45, 2.75) is 20.8 Å². The molecule has 0 atom stereocenters. The maximum atomic E-state index is 5.67. The van der Waals surface area contributed by atoms with Crippen LogP contribution >= 0.6 is 11.6 Å². The van der Waals surface area contributed by atoms with Gasteiger partial charge in [-0.05, 0) is 24.1 Å². The molecular weight excluding hydrogens is 144 g/mol. The summed E-state index contributed by atoms with van der Waals surface area (Å²) in [6, 6.07) is 7.92. The largest absolute Gasteiger partial charge is 0.0843 e. The van der Waals surface area contributed by atoms with E-state index in [1.54, 1.807) is 0 Å². The standard InChI is InChI=1S/C8H9Cl.CH4/c1-2-7-3-5-8(9)6-4-7;/h3-6H,2H2,1H3;1H4. The third-order valence-corrected chi connectivity index (χ3v) is 1.57. The van der Waals surface area contributed by atoms with Gasteiger partial charge in [-0.3, -0.25) is 0 Å². The molecule has 1 rings (SSSR count). The smallest absolute Gasteiger partial charge is 0.0406 e. The summed E-state index contributed by atoms with van der Waals surface area (Å²) in [7, 11) is 0. The van der Waals surface area contributed by atoms with Gasteiger partial charge in [0.25, 0.3) is 0 Å². The van der Waals surface area contributed by atoms with Crippen LogP contribution in [0.4, 0.5) is 0 Å². The first-order valence-corrected chi connectivity index (χ1v) is 3.45. The molecule has 0 saturated heterocycles. The van der Waals surface area contributed by atoms with Crippen LogP contribution in [0.1, 0.15) is 19.9 Å². The highest BCUT2D eigenvalue weighted by Gasteiger charge is 1.86. The second kappa shape index (κ2) is 4.35. The van der Waals surface area contributed by atoms with Crippen molar-refractivity contribution in [2.24, 2.45) is 0 Å². The van der Waals surface area contributed by atoms with Crippen LogP contribution < -0.4 is 0 Å². The summed E-state index contributed by atoms with van der Waals surface area (Å²) in [5.41, 5.74) is 1.33. The number of halogens is 1. The predicted molar refractivity (Wildman–Crippen MR) is 47.6 cm³/mol. The summed E-state index contributed by atoms with van der Waals surface area (Å²) in [5, 5.41) is 0.812. The molecule has 0 N–H and O–H groups in total. The molecule has 0 aliphatic carbocycles. The Kier molecular flexibility index (Phi) is 4.13. The fourth-order valence-electron chi connectivity index (χ4n) is 0.720. The molecule has 0 radical (unpaired) electrons. The second-order valence-corrected chi connectivity index (χ2v) is 2.42. The molecule has 0 spiro atoms. The van der Waals surface area contributed by atoms with E-state index in [1.165, 1.54) is 5.56 Å². The van der Waals surface area contributed by atoms with Gasteiger partial charge in [-0.1, -0.05) is 38.1 Å². The number of aryl methyl sites for hydroxylation is 1. The van der Waals surface area contributed by atoms with E-state index >= 15 is 0 Å². The Morgan fingerprint density at radius 2 is 1.70 bits per heavy atom. The van der Waals surface area contributed by atoms with E-state index in [1.807, 2.05) is 24.3 Å². The average Bonchev–Trinajstić information content (AvgIpc) is 1.90. The Balaban J connectivity index is 0.000000810. The third kappa shape index (κ3) is 2.40. The van der Waals surface area contributed by atoms with E-state index in [0.29, 0.717) is 0 Å². The Morgan fingerprint density at radius 3 is 2.10 bits per heavy atom. The van der Waals surface area contributed by atoms with Crippen molar-refractivity contribution in [3.63, 3.8) is 0 Å². The minimum absolute atomic E-state index is 0. The van der Waals surface area contributed by atoms with Crippen molar-refractivity contribution < 1.29 is 0 Å². The Hall–Kier alpha value is -0.490. The van der Waals surface area contributed by atoms with Crippen LogP contribution in [0.3, 0.4) is 0 Å². The zero-order valence-electron chi connectivity index (χ0n) is 5.39. The molecule has 1 aromatic carbocycles. The summed E-state index contributed by atoms with van der Waals surface area (Å²) in [6.07, 6.45) is 1.08. The molecule has 1 heteroatoms. The van der Waals surface area contributed by atoms with Gasteiger partial charge in [-0.15, -0.1) is 0 Å². The average molecular weight is 157 g/mol. The van der Waals surface area contributed by atoms with Gasteiger partial charge in [0.1, 0.15) is 0 Å². The zero-order valence-corrected chi connectivity index (χ0v) is 6.15. The molecule has 0 unspecified atom stereocenters. The van der Waals surface area contributed by atoms with E-state index < -0.39 is 0 Å². The summed E-state index contributed by atoms with van der Waals surface area (Å²) >= 11 is 5.67. The van der Waals surface area contributed by atoms with Crippen molar-refractivity contribution in [2.75, 3.05) is 0 Å². The van der Waals surface area contributed by atoms with Gasteiger partial charge in [0.05, 0.1) is 0 Å². The Bertz CT molecular complexity index is 176. The first-order chi connectivity index (χ1) is 4.33. The fraction of sp³-hybridized carbons (Fsp3) is 0.333. The van der Waals surface area contributed by atoms with E-state index in [0.717, 1.165) is 11.4 Å². The topological polar surface area (TPSA) is 0 Å². The zero-order chi connectivity index (χ0) is 6.69. The lowest BCUT2D eigenvalue weighted by atomic mass is 10.2. The summed E-state index contributed by atoms with van der Waals surface area (Å²) < 4.78 is 0. The van der Waals surface area contributed by atoms with Crippen LogP contribution in [0.25, 0.3) is 0 Å². The highest BCUT2D eigenvalue weighted by molar-refractivity contribution is 6.30. The van der Waals surface area contributed by atoms with Crippen LogP contribution in [0.5, 0.6) is 0 Å². The third-order valence-electron chi connectivity index (χ3n) is 1.32. The quantitative estimate of drug-likeness (QED) is 0.584. The Morgan fingerprint density at radius 1 is 1.20 bits per heavy atom. The van der Waals surface area contributed by atoms with Crippen molar-refractivity contribution in [1.29, 1.82) is 0 Å². The van der Waals surface area contributed by atoms with Gasteiger partial charge in [-0.25, -0.2) is 0 Å². The number of hydrogen-bond donors (Lipinski definition) is 0. The number of hydrogen-bond acceptors (Lipinski definition) is 0. The van der Waals surface area contributed by atoms with Crippen LogP contribution in [0.2, 0.25) is 5.02 Å². The molecule has 56 valence electrons. The number of benzene rings is 1. The molecule has 0 aromatic heterocycles. The SMILES string of the molecule is C.CCc1ccc(Cl)cc1.